The van der Waals surface area contributed by atoms with Gasteiger partial charge in [-0.3, -0.25) is 0 Å². The molecule has 2 aromatic carbocycles. The zero-order valence-electron chi connectivity index (χ0n) is 15.0. The van der Waals surface area contributed by atoms with Crippen LogP contribution in [0.4, 0.5) is 14.5 Å². The van der Waals surface area contributed by atoms with Crippen LogP contribution in [-0.4, -0.2) is 32.7 Å². The Morgan fingerprint density at radius 2 is 1.93 bits per heavy atom. The van der Waals surface area contributed by atoms with Crippen LogP contribution in [0.3, 0.4) is 0 Å². The number of hydrogen-bond acceptors (Lipinski definition) is 3. The molecular weight excluding hydrogens is 513 g/mol. The van der Waals surface area contributed by atoms with Crippen LogP contribution < -0.4 is 4.31 Å². The summed E-state index contributed by atoms with van der Waals surface area (Å²) in [5.41, 5.74) is 0.0799. The van der Waals surface area contributed by atoms with Crippen molar-refractivity contribution in [1.29, 1.82) is 0 Å². The number of rotatable bonds is 7. The van der Waals surface area contributed by atoms with Gasteiger partial charge in [-0.25, -0.2) is 21.5 Å². The zero-order chi connectivity index (χ0) is 21.3. The molecule has 29 heavy (non-hydrogen) atoms. The number of fused-ring (bicyclic) bond motifs is 1. The lowest BCUT2D eigenvalue weighted by Crippen LogP contribution is -2.33. The molecule has 1 heterocycles. The first-order chi connectivity index (χ1) is 13.7. The van der Waals surface area contributed by atoms with Crippen molar-refractivity contribution in [2.45, 2.75) is 11.4 Å². The lowest BCUT2D eigenvalue weighted by Gasteiger charge is -2.24. The first-order valence-corrected chi connectivity index (χ1v) is 11.4. The van der Waals surface area contributed by atoms with E-state index in [-0.39, 0.29) is 15.2 Å². The molecule has 0 aliphatic carbocycles. The minimum absolute atomic E-state index is 0.103. The van der Waals surface area contributed by atoms with Gasteiger partial charge in [-0.05, 0) is 40.2 Å². The number of halogens is 5. The van der Waals surface area contributed by atoms with Gasteiger partial charge >= 0.3 is 0 Å². The predicted molar refractivity (Wildman–Crippen MR) is 113 cm³/mol. The summed E-state index contributed by atoms with van der Waals surface area (Å²) >= 11 is 14.8. The van der Waals surface area contributed by atoms with Crippen molar-refractivity contribution in [2.75, 3.05) is 24.0 Å². The van der Waals surface area contributed by atoms with E-state index in [9.17, 15) is 17.2 Å². The maximum absolute atomic E-state index is 14.5. The fraction of sp³-hybridized carbons (Fsp3) is 0.222. The van der Waals surface area contributed by atoms with Crippen LogP contribution >= 0.6 is 39.1 Å². The number of benzene rings is 2. The highest BCUT2D eigenvalue weighted by Crippen LogP contribution is 2.34. The number of anilines is 1. The van der Waals surface area contributed by atoms with E-state index < -0.39 is 34.1 Å². The van der Waals surface area contributed by atoms with Crippen LogP contribution in [0.25, 0.3) is 10.9 Å². The van der Waals surface area contributed by atoms with E-state index in [0.717, 1.165) is 12.1 Å². The number of methoxy groups -OCH3 is 1. The van der Waals surface area contributed by atoms with Crippen molar-refractivity contribution in [1.82, 2.24) is 4.57 Å². The Hall–Kier alpha value is -1.39. The van der Waals surface area contributed by atoms with Gasteiger partial charge in [0.05, 0.1) is 15.7 Å². The standard InChI is InChI=1S/C18H15BrCl2F2N2O3S/c1-28-10-25(17-8-14(22)13(19)7-15(17)23)29(26,27)18-9-24(5-4-20)16-6-11(21)2-3-12(16)18/h2-3,6-9H,4-5,10H2,1H3. The molecule has 0 N–H and O–H groups in total. The van der Waals surface area contributed by atoms with Crippen molar-refractivity contribution < 1.29 is 21.9 Å². The van der Waals surface area contributed by atoms with Crippen molar-refractivity contribution in [3.8, 4) is 0 Å². The first-order valence-electron chi connectivity index (χ1n) is 8.21. The monoisotopic (exact) mass is 526 g/mol. The van der Waals surface area contributed by atoms with E-state index in [1.54, 1.807) is 22.8 Å². The number of alkyl halides is 1. The van der Waals surface area contributed by atoms with Gasteiger partial charge in [0.25, 0.3) is 10.0 Å². The second kappa shape index (κ2) is 8.77. The quantitative estimate of drug-likeness (QED) is 0.236. The lowest BCUT2D eigenvalue weighted by atomic mass is 10.2. The van der Waals surface area contributed by atoms with Crippen LogP contribution in [0, 0.1) is 11.6 Å². The molecule has 1 aromatic heterocycles. The molecule has 0 radical (unpaired) electrons. The molecule has 0 bridgehead atoms. The summed E-state index contributed by atoms with van der Waals surface area (Å²) in [6.45, 7) is -0.185. The van der Waals surface area contributed by atoms with Gasteiger partial charge < -0.3 is 9.30 Å². The van der Waals surface area contributed by atoms with Crippen LogP contribution in [0.2, 0.25) is 5.02 Å². The molecule has 0 saturated heterocycles. The second-order valence-corrected chi connectivity index (χ2v) is 9.53. The average molecular weight is 528 g/mol. The Bertz CT molecular complexity index is 1170. The molecule has 0 saturated carbocycles. The van der Waals surface area contributed by atoms with Gasteiger partial charge in [-0.1, -0.05) is 11.6 Å². The smallest absolute Gasteiger partial charge is 0.268 e. The summed E-state index contributed by atoms with van der Waals surface area (Å²) in [7, 11) is -3.07. The van der Waals surface area contributed by atoms with E-state index in [0.29, 0.717) is 26.8 Å². The van der Waals surface area contributed by atoms with Gasteiger partial charge in [0, 0.05) is 42.2 Å². The lowest BCUT2D eigenvalue weighted by molar-refractivity contribution is 0.209. The number of hydrogen-bond donors (Lipinski definition) is 0. The predicted octanol–water partition coefficient (Wildman–Crippen LogP) is 5.37. The highest BCUT2D eigenvalue weighted by Gasteiger charge is 2.31. The van der Waals surface area contributed by atoms with Crippen LogP contribution in [0.1, 0.15) is 0 Å². The van der Waals surface area contributed by atoms with Gasteiger partial charge in [0.1, 0.15) is 23.3 Å². The SMILES string of the molecule is COCN(c1cc(F)c(Br)cc1F)S(=O)(=O)c1cn(CCCl)c2cc(Cl)ccc12. The Labute approximate surface area is 184 Å². The summed E-state index contributed by atoms with van der Waals surface area (Å²) in [6, 6.07) is 6.38. The number of ether oxygens (including phenoxy) is 1. The Balaban J connectivity index is 2.24. The third kappa shape index (κ3) is 4.25. The second-order valence-electron chi connectivity index (χ2n) is 6.03. The Morgan fingerprint density at radius 3 is 2.59 bits per heavy atom. The number of nitrogens with zero attached hydrogens (tertiary/aromatic N) is 2. The average Bonchev–Trinajstić information content (AvgIpc) is 3.02. The number of aryl methyl sites for hydroxylation is 1. The molecule has 0 amide bonds. The maximum atomic E-state index is 14.5. The Morgan fingerprint density at radius 1 is 1.21 bits per heavy atom. The van der Waals surface area contributed by atoms with Crippen molar-refractivity contribution in [2.24, 2.45) is 0 Å². The van der Waals surface area contributed by atoms with Crippen LogP contribution in [0.15, 0.2) is 45.9 Å². The molecule has 3 aromatic rings. The van der Waals surface area contributed by atoms with E-state index in [2.05, 4.69) is 15.9 Å². The van der Waals surface area contributed by atoms with E-state index in [4.69, 9.17) is 27.9 Å². The maximum Gasteiger partial charge on any atom is 0.268 e. The molecule has 0 fully saturated rings. The first kappa shape index (κ1) is 22.3. The summed E-state index contributed by atoms with van der Waals surface area (Å²) in [5, 5.41) is 0.795. The molecule has 3 rings (SSSR count). The summed E-state index contributed by atoms with van der Waals surface area (Å²) in [6.07, 6.45) is 1.40. The zero-order valence-corrected chi connectivity index (χ0v) is 18.9. The number of sulfonamides is 1. The third-order valence-corrected chi connectivity index (χ3v) is 6.98. The molecule has 0 unspecified atom stereocenters. The van der Waals surface area contributed by atoms with Crippen LogP contribution in [-0.2, 0) is 21.3 Å². The van der Waals surface area contributed by atoms with Crippen LogP contribution in [0.5, 0.6) is 0 Å². The van der Waals surface area contributed by atoms with Crippen molar-refractivity contribution in [3.05, 3.63) is 57.7 Å². The molecule has 156 valence electrons. The summed E-state index contributed by atoms with van der Waals surface area (Å²) in [4.78, 5) is -0.103. The molecule has 0 spiro atoms. The molecule has 0 atom stereocenters. The Kier molecular flexibility index (Phi) is 6.74. The fourth-order valence-corrected chi connectivity index (χ4v) is 5.18. The highest BCUT2D eigenvalue weighted by molar-refractivity contribution is 9.10. The van der Waals surface area contributed by atoms with Gasteiger partial charge in [-0.15, -0.1) is 11.6 Å². The molecule has 11 heteroatoms. The third-order valence-electron chi connectivity index (χ3n) is 4.21. The van der Waals surface area contributed by atoms with E-state index in [1.165, 1.54) is 13.3 Å². The van der Waals surface area contributed by atoms with Crippen molar-refractivity contribution in [3.63, 3.8) is 0 Å². The topological polar surface area (TPSA) is 51.5 Å². The normalized spacial score (nSPS) is 11.9. The molecule has 0 aliphatic heterocycles. The summed E-state index contributed by atoms with van der Waals surface area (Å²) in [5.74, 6) is -1.50. The van der Waals surface area contributed by atoms with Gasteiger partial charge in [0.2, 0.25) is 0 Å². The molecule has 0 aliphatic rings. The van der Waals surface area contributed by atoms with Crippen molar-refractivity contribution >= 4 is 65.7 Å². The minimum Gasteiger partial charge on any atom is -0.363 e. The summed E-state index contributed by atoms with van der Waals surface area (Å²) < 4.78 is 62.7. The highest BCUT2D eigenvalue weighted by atomic mass is 79.9. The largest absolute Gasteiger partial charge is 0.363 e. The van der Waals surface area contributed by atoms with E-state index in [1.807, 2.05) is 0 Å². The number of aromatic nitrogens is 1. The van der Waals surface area contributed by atoms with E-state index >= 15 is 0 Å². The fourth-order valence-electron chi connectivity index (χ4n) is 2.92. The van der Waals surface area contributed by atoms with Gasteiger partial charge in [-0.2, -0.15) is 0 Å². The van der Waals surface area contributed by atoms with Gasteiger partial charge in [0.15, 0.2) is 0 Å². The minimum atomic E-state index is -4.33. The molecular formula is C18H15BrCl2F2N2O3S. The molecule has 5 nitrogen and oxygen atoms in total.